The smallest absolute Gasteiger partial charge is 0.272 e. The molecule has 10 heteroatoms. The van der Waals surface area contributed by atoms with Crippen LogP contribution in [0, 0.1) is 34.1 Å². The van der Waals surface area contributed by atoms with Crippen LogP contribution in [-0.4, -0.2) is 57.6 Å². The van der Waals surface area contributed by atoms with E-state index in [1.807, 2.05) is 0 Å². The number of hydrogen-bond donors (Lipinski definition) is 0. The van der Waals surface area contributed by atoms with Gasteiger partial charge in [-0.3, -0.25) is 29.8 Å². The third-order valence-corrected chi connectivity index (χ3v) is 5.35. The lowest BCUT2D eigenvalue weighted by Crippen LogP contribution is -2.37. The highest BCUT2D eigenvalue weighted by molar-refractivity contribution is 5.96. The molecule has 0 N–H and O–H groups in total. The first-order valence-electron chi connectivity index (χ1n) is 9.77. The van der Waals surface area contributed by atoms with Crippen molar-refractivity contribution in [2.24, 2.45) is 0 Å². The predicted molar refractivity (Wildman–Crippen MR) is 112 cm³/mol. The number of hydrogen-bond acceptors (Lipinski definition) is 6. The lowest BCUT2D eigenvalue weighted by Gasteiger charge is -2.22. The Hall–Kier alpha value is -3.82. The number of benzene rings is 2. The Balaban J connectivity index is 1.70. The van der Waals surface area contributed by atoms with Gasteiger partial charge in [0.25, 0.3) is 23.2 Å². The van der Waals surface area contributed by atoms with Crippen LogP contribution in [0.5, 0.6) is 0 Å². The first-order valence-corrected chi connectivity index (χ1v) is 9.77. The quantitative estimate of drug-likeness (QED) is 0.546. The van der Waals surface area contributed by atoms with Gasteiger partial charge in [0.1, 0.15) is 0 Å². The van der Waals surface area contributed by atoms with Crippen molar-refractivity contribution < 1.29 is 19.4 Å². The second kappa shape index (κ2) is 8.90. The largest absolute Gasteiger partial charge is 0.337 e. The number of nitrogens with zero attached hydrogens (tertiary/aromatic N) is 4. The summed E-state index contributed by atoms with van der Waals surface area (Å²) in [6, 6.07) is 8.56. The molecule has 0 aromatic heterocycles. The number of aryl methyl sites for hydroxylation is 2. The number of carbonyl (C=O) groups is 2. The maximum Gasteiger partial charge on any atom is 0.272 e. The van der Waals surface area contributed by atoms with Crippen LogP contribution < -0.4 is 0 Å². The van der Waals surface area contributed by atoms with Gasteiger partial charge in [0.05, 0.1) is 9.85 Å². The summed E-state index contributed by atoms with van der Waals surface area (Å²) in [6.07, 6.45) is 0.579. The van der Waals surface area contributed by atoms with Crippen molar-refractivity contribution in [3.05, 3.63) is 78.9 Å². The zero-order valence-corrected chi connectivity index (χ0v) is 17.2. The highest BCUT2D eigenvalue weighted by Gasteiger charge is 2.25. The van der Waals surface area contributed by atoms with Crippen LogP contribution in [0.25, 0.3) is 0 Å². The van der Waals surface area contributed by atoms with Crippen LogP contribution in [0.1, 0.15) is 38.3 Å². The summed E-state index contributed by atoms with van der Waals surface area (Å²) >= 11 is 0. The first-order chi connectivity index (χ1) is 14.7. The molecule has 0 spiro atoms. The highest BCUT2D eigenvalue weighted by Crippen LogP contribution is 2.22. The Morgan fingerprint density at radius 2 is 1.13 bits per heavy atom. The van der Waals surface area contributed by atoms with Crippen LogP contribution in [0.15, 0.2) is 36.4 Å². The number of nitro benzene ring substituents is 2. The fraction of sp³-hybridized carbons (Fsp3) is 0.333. The number of nitro groups is 2. The van der Waals surface area contributed by atoms with Crippen LogP contribution in [-0.2, 0) is 0 Å². The van der Waals surface area contributed by atoms with Crippen molar-refractivity contribution >= 4 is 23.2 Å². The number of amides is 2. The summed E-state index contributed by atoms with van der Waals surface area (Å²) in [6.45, 7) is 4.74. The third kappa shape index (κ3) is 4.68. The Morgan fingerprint density at radius 1 is 0.742 bits per heavy atom. The van der Waals surface area contributed by atoms with Gasteiger partial charge in [-0.1, -0.05) is 0 Å². The van der Waals surface area contributed by atoms with E-state index < -0.39 is 9.85 Å². The van der Waals surface area contributed by atoms with Gasteiger partial charge in [0.2, 0.25) is 0 Å². The maximum atomic E-state index is 12.9. The molecule has 31 heavy (non-hydrogen) atoms. The maximum absolute atomic E-state index is 12.9. The molecule has 3 rings (SSSR count). The SMILES string of the molecule is Cc1cc(C(=O)N2CCCN(C(=O)c3ccc([N+](=O)[O-])c(C)c3)CC2)ccc1[N+](=O)[O-]. The molecule has 2 amide bonds. The Bertz CT molecular complexity index is 984. The Labute approximate surface area is 178 Å². The van der Waals surface area contributed by atoms with E-state index in [0.29, 0.717) is 54.9 Å². The van der Waals surface area contributed by atoms with Crippen molar-refractivity contribution in [1.29, 1.82) is 0 Å². The van der Waals surface area contributed by atoms with Gasteiger partial charge in [-0.15, -0.1) is 0 Å². The standard InChI is InChI=1S/C21H22N4O6/c1-14-12-16(4-6-18(14)24(28)29)20(26)22-8-3-9-23(11-10-22)21(27)17-5-7-19(25(30)31)15(2)13-17/h4-7,12-13H,3,8-11H2,1-2H3. The van der Waals surface area contributed by atoms with Crippen molar-refractivity contribution in [3.63, 3.8) is 0 Å². The fourth-order valence-electron chi connectivity index (χ4n) is 3.68. The average Bonchev–Trinajstić information content (AvgIpc) is 2.98. The molecule has 1 aliphatic rings. The van der Waals surface area contributed by atoms with Crippen molar-refractivity contribution in [2.75, 3.05) is 26.2 Å². The van der Waals surface area contributed by atoms with Crippen LogP contribution in [0.2, 0.25) is 0 Å². The molecule has 2 aromatic carbocycles. The average molecular weight is 426 g/mol. The summed E-state index contributed by atoms with van der Waals surface area (Å²) in [5.74, 6) is -0.475. The second-order valence-corrected chi connectivity index (χ2v) is 7.45. The lowest BCUT2D eigenvalue weighted by molar-refractivity contribution is -0.385. The van der Waals surface area contributed by atoms with Crippen molar-refractivity contribution in [1.82, 2.24) is 9.80 Å². The fourth-order valence-corrected chi connectivity index (χ4v) is 3.68. The minimum atomic E-state index is -0.487. The molecule has 2 aromatic rings. The molecule has 1 saturated heterocycles. The van der Waals surface area contributed by atoms with Gasteiger partial charge in [0, 0.05) is 60.6 Å². The number of carbonyl (C=O) groups excluding carboxylic acids is 2. The molecule has 162 valence electrons. The van der Waals surface area contributed by atoms with E-state index in [1.165, 1.54) is 36.4 Å². The van der Waals surface area contributed by atoms with Gasteiger partial charge in [-0.2, -0.15) is 0 Å². The zero-order chi connectivity index (χ0) is 22.7. The van der Waals surface area contributed by atoms with Crippen LogP contribution in [0.4, 0.5) is 11.4 Å². The van der Waals surface area contributed by atoms with Crippen LogP contribution in [0.3, 0.4) is 0 Å². The van der Waals surface area contributed by atoms with Gasteiger partial charge in [0.15, 0.2) is 0 Å². The lowest BCUT2D eigenvalue weighted by atomic mass is 10.1. The van der Waals surface area contributed by atoms with Crippen molar-refractivity contribution in [3.8, 4) is 0 Å². The topological polar surface area (TPSA) is 127 Å². The molecule has 1 fully saturated rings. The molecule has 1 aliphatic heterocycles. The summed E-state index contributed by atoms with van der Waals surface area (Å²) in [5.41, 5.74) is 1.49. The Kier molecular flexibility index (Phi) is 6.28. The molecular formula is C21H22N4O6. The number of rotatable bonds is 4. The van der Waals surface area contributed by atoms with Crippen molar-refractivity contribution in [2.45, 2.75) is 20.3 Å². The van der Waals surface area contributed by atoms with Gasteiger partial charge in [-0.25, -0.2) is 0 Å². The third-order valence-electron chi connectivity index (χ3n) is 5.35. The molecule has 0 aliphatic carbocycles. The monoisotopic (exact) mass is 426 g/mol. The van der Waals surface area contributed by atoms with Gasteiger partial charge in [-0.05, 0) is 44.5 Å². The van der Waals surface area contributed by atoms with E-state index in [-0.39, 0.29) is 23.2 Å². The van der Waals surface area contributed by atoms with E-state index >= 15 is 0 Å². The summed E-state index contributed by atoms with van der Waals surface area (Å²) in [7, 11) is 0. The molecule has 10 nitrogen and oxygen atoms in total. The first kappa shape index (κ1) is 21.9. The van der Waals surface area contributed by atoms with Gasteiger partial charge >= 0.3 is 0 Å². The van der Waals surface area contributed by atoms with E-state index in [9.17, 15) is 29.8 Å². The molecule has 0 atom stereocenters. The van der Waals surface area contributed by atoms with Gasteiger partial charge < -0.3 is 9.80 Å². The molecule has 0 saturated carbocycles. The van der Waals surface area contributed by atoms with E-state index in [1.54, 1.807) is 23.6 Å². The second-order valence-electron chi connectivity index (χ2n) is 7.45. The summed E-state index contributed by atoms with van der Waals surface area (Å²) in [5, 5.41) is 22.0. The molecule has 1 heterocycles. The molecule has 0 bridgehead atoms. The predicted octanol–water partition coefficient (Wildman–Crippen LogP) is 3.11. The summed E-state index contributed by atoms with van der Waals surface area (Å²) < 4.78 is 0. The minimum absolute atomic E-state index is 0.0393. The molecular weight excluding hydrogens is 404 g/mol. The molecule has 0 unspecified atom stereocenters. The minimum Gasteiger partial charge on any atom is -0.337 e. The van der Waals surface area contributed by atoms with E-state index in [0.717, 1.165) is 0 Å². The normalized spacial score (nSPS) is 14.1. The highest BCUT2D eigenvalue weighted by atomic mass is 16.6. The zero-order valence-electron chi connectivity index (χ0n) is 17.2. The van der Waals surface area contributed by atoms with E-state index in [2.05, 4.69) is 0 Å². The van der Waals surface area contributed by atoms with Crippen LogP contribution >= 0.6 is 0 Å². The molecule has 0 radical (unpaired) electrons. The van der Waals surface area contributed by atoms with E-state index in [4.69, 9.17) is 0 Å². The summed E-state index contributed by atoms with van der Waals surface area (Å²) in [4.78, 5) is 50.0. The Morgan fingerprint density at radius 3 is 1.45 bits per heavy atom.